The van der Waals surface area contributed by atoms with E-state index in [1.807, 2.05) is 0 Å². The van der Waals surface area contributed by atoms with Crippen LogP contribution in [0.3, 0.4) is 0 Å². The first-order valence-electron chi connectivity index (χ1n) is 13.2. The Morgan fingerprint density at radius 1 is 1.23 bits per heavy atom. The molecule has 6 atom stereocenters. The summed E-state index contributed by atoms with van der Waals surface area (Å²) in [6.07, 6.45) is -2.99. The van der Waals surface area contributed by atoms with Gasteiger partial charge in [-0.3, -0.25) is 18.7 Å². The Morgan fingerprint density at radius 3 is 2.67 bits per heavy atom. The Balaban J connectivity index is 1.55. The second-order valence-corrected chi connectivity index (χ2v) is 11.5. The van der Waals surface area contributed by atoms with Crippen LogP contribution >= 0.6 is 7.75 Å². The molecule has 1 aliphatic heterocycles. The van der Waals surface area contributed by atoms with Crippen molar-refractivity contribution in [1.82, 2.24) is 24.6 Å². The van der Waals surface area contributed by atoms with Crippen LogP contribution in [0.25, 0.3) is 11.2 Å². The van der Waals surface area contributed by atoms with E-state index in [0.29, 0.717) is 0 Å². The smallest absolute Gasteiger partial charge is 0.459 e. The number of hydrogen-bond donors (Lipinski definition) is 5. The number of benzene rings is 1. The minimum Gasteiger partial charge on any atom is -0.462 e. The topological polar surface area (TPSA) is 248 Å². The van der Waals surface area contributed by atoms with Crippen molar-refractivity contribution in [2.24, 2.45) is 0 Å². The summed E-state index contributed by atoms with van der Waals surface area (Å²) in [6.45, 7) is 2.67. The van der Waals surface area contributed by atoms with Gasteiger partial charge in [-0.1, -0.05) is 18.2 Å². The van der Waals surface area contributed by atoms with E-state index in [2.05, 4.69) is 24.8 Å². The van der Waals surface area contributed by atoms with E-state index in [1.54, 1.807) is 32.0 Å². The molecular weight excluding hydrogens is 587 g/mol. The molecule has 1 saturated heterocycles. The number of nitrogens with one attached hydrogen (secondary N) is 2. The van der Waals surface area contributed by atoms with Gasteiger partial charge in [0.15, 0.2) is 17.7 Å². The summed E-state index contributed by atoms with van der Waals surface area (Å²) in [6, 6.07) is 6.63. The maximum atomic E-state index is 14.1. The van der Waals surface area contributed by atoms with E-state index in [-0.39, 0.29) is 35.6 Å². The van der Waals surface area contributed by atoms with Gasteiger partial charge in [0.05, 0.1) is 29.4 Å². The van der Waals surface area contributed by atoms with Crippen LogP contribution in [0.5, 0.6) is 5.75 Å². The predicted molar refractivity (Wildman–Crippen MR) is 148 cm³/mol. The molecule has 1 aliphatic rings. The molecule has 17 nitrogen and oxygen atoms in total. The fraction of sp³-hybridized carbons (Fsp3) is 0.440. The Morgan fingerprint density at radius 2 is 1.98 bits per heavy atom. The normalized spacial score (nSPS) is 22.1. The van der Waals surface area contributed by atoms with Crippen LogP contribution in [0.1, 0.15) is 32.9 Å². The summed E-state index contributed by atoms with van der Waals surface area (Å²) in [4.78, 5) is 39.9. The number of anilines is 1. The molecule has 1 aromatic carbocycles. The SMILES string of the molecule is CC(C)OC(=O)[C@H](CCC(=O)C=[N+]=N)NP(=O)(OC[C@H]1O[C@@H](n2cnc3c(N)ncnc32)[C@@H](O)[C@H]1O)Oc1ccccc1. The van der Waals surface area contributed by atoms with Crippen molar-refractivity contribution in [3.8, 4) is 5.75 Å². The van der Waals surface area contributed by atoms with Crippen LogP contribution in [0.15, 0.2) is 43.0 Å². The first-order valence-corrected chi connectivity index (χ1v) is 14.7. The van der Waals surface area contributed by atoms with Crippen LogP contribution in [0, 0.1) is 5.53 Å². The highest BCUT2D eigenvalue weighted by Gasteiger charge is 2.46. The number of hydrogen-bond acceptors (Lipinski definition) is 14. The molecule has 3 heterocycles. The van der Waals surface area contributed by atoms with Gasteiger partial charge >= 0.3 is 19.9 Å². The molecule has 0 bridgehead atoms. The van der Waals surface area contributed by atoms with Crippen LogP contribution in [-0.4, -0.2) is 89.6 Å². The highest BCUT2D eigenvalue weighted by atomic mass is 31.2. The van der Waals surface area contributed by atoms with Crippen LogP contribution < -0.4 is 15.3 Å². The lowest BCUT2D eigenvalue weighted by Crippen LogP contribution is -2.40. The van der Waals surface area contributed by atoms with Crippen LogP contribution in [0.2, 0.25) is 0 Å². The first-order chi connectivity index (χ1) is 20.5. The number of aliphatic hydroxyl groups is 2. The lowest BCUT2D eigenvalue weighted by atomic mass is 10.1. The maximum absolute atomic E-state index is 14.1. The number of carbonyl (C=O) groups is 2. The number of esters is 1. The number of nitrogen functional groups attached to an aromatic ring is 1. The van der Waals surface area contributed by atoms with E-state index in [1.165, 1.54) is 29.4 Å². The number of aromatic nitrogens is 4. The largest absolute Gasteiger partial charge is 0.462 e. The lowest BCUT2D eigenvalue weighted by molar-refractivity contribution is -0.149. The number of nitrogens with two attached hydrogens (primary N) is 1. The second kappa shape index (κ2) is 13.9. The van der Waals surface area contributed by atoms with Gasteiger partial charge in [0.25, 0.3) is 0 Å². The van der Waals surface area contributed by atoms with Crippen LogP contribution in [-0.2, 0) is 28.2 Å². The summed E-state index contributed by atoms with van der Waals surface area (Å²) in [5.74, 6) is -1.13. The zero-order valence-corrected chi connectivity index (χ0v) is 24.1. The average Bonchev–Trinajstić information content (AvgIpc) is 3.51. The highest BCUT2D eigenvalue weighted by Crippen LogP contribution is 2.46. The standard InChI is InChI=1S/C25H31N8O9P/c1-14(2)40-25(37)17(9-8-15(34)10-31-27)32-43(38,42-16-6-4-3-5-7-16)39-11-18-20(35)21(36)24(41-18)33-13-30-19-22(26)28-12-29-23(19)33/h3-7,10,12-14,17-18,20-21,24,26,35-36H,8-9,11H2,1-2H3,(H2-,27,32,34,38)/p+1/t17-,18+,20-,21-,24+,43?/m0/s1. The Labute approximate surface area is 245 Å². The Bertz CT molecular complexity index is 1530. The van der Waals surface area contributed by atoms with Crippen molar-refractivity contribution in [3.05, 3.63) is 43.0 Å². The van der Waals surface area contributed by atoms with Gasteiger partial charge in [-0.2, -0.15) is 5.09 Å². The summed E-state index contributed by atoms with van der Waals surface area (Å²) in [7, 11) is -4.46. The molecule has 0 amide bonds. The molecule has 43 heavy (non-hydrogen) atoms. The van der Waals surface area contributed by atoms with E-state index >= 15 is 0 Å². The van der Waals surface area contributed by atoms with Gasteiger partial charge < -0.3 is 29.9 Å². The van der Waals surface area contributed by atoms with Gasteiger partial charge in [-0.15, -0.1) is 0 Å². The molecule has 3 aromatic rings. The van der Waals surface area contributed by atoms with E-state index in [0.717, 1.165) is 6.21 Å². The fourth-order valence-corrected chi connectivity index (χ4v) is 5.74. The van der Waals surface area contributed by atoms with Crippen molar-refractivity contribution in [1.29, 1.82) is 5.53 Å². The molecule has 1 unspecified atom stereocenters. The van der Waals surface area contributed by atoms with E-state index in [9.17, 15) is 24.4 Å². The molecule has 0 aliphatic carbocycles. The molecular formula is C25H32N8O9P+. The summed E-state index contributed by atoms with van der Waals surface area (Å²) < 4.78 is 37.9. The molecule has 1 fully saturated rings. The first kappa shape index (κ1) is 31.8. The van der Waals surface area contributed by atoms with E-state index in [4.69, 9.17) is 29.8 Å². The zero-order chi connectivity index (χ0) is 31.1. The lowest BCUT2D eigenvalue weighted by Gasteiger charge is -2.26. The third kappa shape index (κ3) is 7.86. The van der Waals surface area contributed by atoms with Gasteiger partial charge in [-0.25, -0.2) is 19.5 Å². The van der Waals surface area contributed by atoms with Crippen LogP contribution in [0.4, 0.5) is 5.82 Å². The molecule has 2 aromatic heterocycles. The number of carbonyl (C=O) groups excluding carboxylic acids is 2. The van der Waals surface area contributed by atoms with Crippen molar-refractivity contribution < 1.29 is 47.7 Å². The molecule has 6 N–H and O–H groups in total. The average molecular weight is 620 g/mol. The van der Waals surface area contributed by atoms with Crippen molar-refractivity contribution in [2.75, 3.05) is 12.3 Å². The van der Waals surface area contributed by atoms with Crippen molar-refractivity contribution in [3.63, 3.8) is 0 Å². The molecule has 0 saturated carbocycles. The van der Waals surface area contributed by atoms with Gasteiger partial charge in [0, 0.05) is 6.42 Å². The Kier molecular flexibility index (Phi) is 10.3. The number of nitrogens with zero attached hydrogens (tertiary/aromatic N) is 5. The number of ketones is 1. The molecule has 0 radical (unpaired) electrons. The number of rotatable bonds is 14. The van der Waals surface area contributed by atoms with E-state index < -0.39 is 62.8 Å². The van der Waals surface area contributed by atoms with Gasteiger partial charge in [0.1, 0.15) is 41.9 Å². The quantitative estimate of drug-likeness (QED) is 0.0551. The second-order valence-electron chi connectivity index (χ2n) is 9.76. The third-order valence-corrected chi connectivity index (χ3v) is 7.78. The number of ether oxygens (including phenoxy) is 2. The number of para-hydroxylation sites is 1. The zero-order valence-electron chi connectivity index (χ0n) is 23.2. The summed E-state index contributed by atoms with van der Waals surface area (Å²) >= 11 is 0. The minimum atomic E-state index is -4.46. The molecule has 230 valence electrons. The number of aliphatic hydroxyl groups excluding tert-OH is 2. The van der Waals surface area contributed by atoms with Crippen molar-refractivity contribution in [2.45, 2.75) is 63.4 Å². The minimum absolute atomic E-state index is 0.112. The molecule has 4 rings (SSSR count). The van der Waals surface area contributed by atoms with Crippen molar-refractivity contribution >= 4 is 42.7 Å². The van der Waals surface area contributed by atoms with Gasteiger partial charge in [0.2, 0.25) is 5.78 Å². The molecule has 18 heteroatoms. The number of fused-ring (bicyclic) bond motifs is 1. The number of imidazole rings is 1. The molecule has 0 spiro atoms. The number of Topliss-reactive ketones (excluding diaryl/α,β-unsaturated/α-hetero) is 1. The summed E-state index contributed by atoms with van der Waals surface area (Å²) in [5.41, 5.74) is 13.2. The van der Waals surface area contributed by atoms with Gasteiger partial charge in [-0.05, 0) is 32.4 Å². The highest BCUT2D eigenvalue weighted by molar-refractivity contribution is 7.52. The maximum Gasteiger partial charge on any atom is 0.459 e. The fourth-order valence-electron chi connectivity index (χ4n) is 4.20. The third-order valence-electron chi connectivity index (χ3n) is 6.21. The monoisotopic (exact) mass is 619 g/mol. The Hall–Kier alpha value is -4.08. The summed E-state index contributed by atoms with van der Waals surface area (Å²) in [5, 5.41) is 24.1. The predicted octanol–water partition coefficient (Wildman–Crippen LogP) is 0.800.